The number of nitrogens with zero attached hydrogens (tertiary/aromatic N) is 2. The number of hydrogen-bond acceptors (Lipinski definition) is 5. The molecule has 22 heavy (non-hydrogen) atoms. The maximum atomic E-state index is 12.3. The van der Waals surface area contributed by atoms with E-state index in [2.05, 4.69) is 11.9 Å². The highest BCUT2D eigenvalue weighted by atomic mass is 16.5. The minimum atomic E-state index is 0.0527. The Balaban J connectivity index is 1.71. The molecule has 0 aliphatic carbocycles. The van der Waals surface area contributed by atoms with E-state index in [1.165, 1.54) is 0 Å². The van der Waals surface area contributed by atoms with Crippen LogP contribution in [0.15, 0.2) is 22.8 Å². The topological polar surface area (TPSA) is 55.2 Å². The van der Waals surface area contributed by atoms with Crippen LogP contribution in [-0.4, -0.2) is 67.8 Å². The minimum absolute atomic E-state index is 0.0527. The van der Waals surface area contributed by atoms with Crippen molar-refractivity contribution in [3.05, 3.63) is 24.2 Å². The third kappa shape index (κ3) is 3.04. The lowest BCUT2D eigenvalue weighted by atomic mass is 10.00. The van der Waals surface area contributed by atoms with Crippen LogP contribution in [0.2, 0.25) is 0 Å². The summed E-state index contributed by atoms with van der Waals surface area (Å²) in [7, 11) is 3.62. The van der Waals surface area contributed by atoms with E-state index in [0.717, 1.165) is 31.8 Å². The van der Waals surface area contributed by atoms with Crippen LogP contribution >= 0.6 is 0 Å². The molecule has 1 amide bonds. The quantitative estimate of drug-likeness (QED) is 0.816. The summed E-state index contributed by atoms with van der Waals surface area (Å²) in [5.74, 6) is 0.980. The van der Waals surface area contributed by atoms with Gasteiger partial charge < -0.3 is 18.8 Å². The van der Waals surface area contributed by atoms with E-state index in [9.17, 15) is 4.79 Å². The Morgan fingerprint density at radius 2 is 2.41 bits per heavy atom. The highest BCUT2D eigenvalue weighted by Crippen LogP contribution is 2.32. The van der Waals surface area contributed by atoms with Crippen molar-refractivity contribution in [3.8, 4) is 0 Å². The predicted molar refractivity (Wildman–Crippen MR) is 80.3 cm³/mol. The summed E-state index contributed by atoms with van der Waals surface area (Å²) in [6, 6.07) is 4.22. The molecule has 3 rings (SSSR count). The van der Waals surface area contributed by atoms with Gasteiger partial charge in [0.1, 0.15) is 12.4 Å². The molecule has 0 bridgehead atoms. The smallest absolute Gasteiger partial charge is 0.248 e. The maximum Gasteiger partial charge on any atom is 0.248 e. The molecule has 0 saturated carbocycles. The molecule has 0 N–H and O–H groups in total. The van der Waals surface area contributed by atoms with E-state index in [4.69, 9.17) is 13.9 Å². The van der Waals surface area contributed by atoms with Crippen molar-refractivity contribution in [2.45, 2.75) is 37.6 Å². The number of fused-ring (bicyclic) bond motifs is 1. The van der Waals surface area contributed by atoms with Gasteiger partial charge in [-0.15, -0.1) is 0 Å². The number of amides is 1. The molecule has 2 aliphatic rings. The summed E-state index contributed by atoms with van der Waals surface area (Å²) in [6.07, 6.45) is 3.78. The first-order valence-electron chi connectivity index (χ1n) is 7.83. The summed E-state index contributed by atoms with van der Waals surface area (Å²) >= 11 is 0. The lowest BCUT2D eigenvalue weighted by Crippen LogP contribution is -2.46. The number of furan rings is 1. The monoisotopic (exact) mass is 308 g/mol. The summed E-state index contributed by atoms with van der Waals surface area (Å²) in [6.45, 7) is 2.32. The molecule has 0 aromatic carbocycles. The molecular weight excluding hydrogens is 284 g/mol. The zero-order valence-corrected chi connectivity index (χ0v) is 13.2. The lowest BCUT2D eigenvalue weighted by Gasteiger charge is -2.34. The first-order chi connectivity index (χ1) is 10.7. The van der Waals surface area contributed by atoms with Gasteiger partial charge in [0.2, 0.25) is 5.91 Å². The van der Waals surface area contributed by atoms with Crippen molar-refractivity contribution in [1.29, 1.82) is 0 Å². The Hall–Kier alpha value is -1.37. The number of likely N-dealkylation sites (tertiary alicyclic amines) is 1. The van der Waals surface area contributed by atoms with Gasteiger partial charge >= 0.3 is 0 Å². The van der Waals surface area contributed by atoms with Gasteiger partial charge in [-0.2, -0.15) is 0 Å². The fourth-order valence-corrected chi connectivity index (χ4v) is 3.58. The SMILES string of the molecule is COCC(=O)N1C[C@@H](N(C)Cc2ccco2)[C@H]2OCCC[C@H]21. The third-order valence-corrected chi connectivity index (χ3v) is 4.64. The van der Waals surface area contributed by atoms with Gasteiger partial charge in [-0.05, 0) is 32.0 Å². The molecule has 6 heteroatoms. The Labute approximate surface area is 131 Å². The van der Waals surface area contributed by atoms with E-state index in [-0.39, 0.29) is 30.7 Å². The summed E-state index contributed by atoms with van der Waals surface area (Å²) in [4.78, 5) is 16.5. The summed E-state index contributed by atoms with van der Waals surface area (Å²) in [5.41, 5.74) is 0. The second-order valence-corrected chi connectivity index (χ2v) is 6.09. The van der Waals surface area contributed by atoms with E-state index >= 15 is 0 Å². The lowest BCUT2D eigenvalue weighted by molar-refractivity contribution is -0.138. The highest BCUT2D eigenvalue weighted by molar-refractivity contribution is 5.78. The van der Waals surface area contributed by atoms with E-state index < -0.39 is 0 Å². The largest absolute Gasteiger partial charge is 0.468 e. The number of methoxy groups -OCH3 is 1. The Kier molecular flexibility index (Phi) is 4.81. The van der Waals surface area contributed by atoms with Crippen molar-refractivity contribution in [1.82, 2.24) is 9.80 Å². The van der Waals surface area contributed by atoms with Crippen LogP contribution in [0.1, 0.15) is 18.6 Å². The van der Waals surface area contributed by atoms with Crippen molar-refractivity contribution in [2.75, 3.05) is 33.9 Å². The number of likely N-dealkylation sites (N-methyl/N-ethyl adjacent to an activating group) is 1. The van der Waals surface area contributed by atoms with E-state index in [1.54, 1.807) is 13.4 Å². The van der Waals surface area contributed by atoms with Gasteiger partial charge in [-0.25, -0.2) is 0 Å². The van der Waals surface area contributed by atoms with Gasteiger partial charge in [-0.1, -0.05) is 0 Å². The van der Waals surface area contributed by atoms with Crippen LogP contribution < -0.4 is 0 Å². The van der Waals surface area contributed by atoms with E-state index in [1.807, 2.05) is 17.0 Å². The Bertz CT molecular complexity index is 490. The fourth-order valence-electron chi connectivity index (χ4n) is 3.58. The molecule has 1 aromatic heterocycles. The molecule has 6 nitrogen and oxygen atoms in total. The molecule has 122 valence electrons. The van der Waals surface area contributed by atoms with Crippen molar-refractivity contribution in [3.63, 3.8) is 0 Å². The number of carbonyl (C=O) groups is 1. The predicted octanol–water partition coefficient (Wildman–Crippen LogP) is 1.12. The maximum absolute atomic E-state index is 12.3. The second-order valence-electron chi connectivity index (χ2n) is 6.09. The first-order valence-corrected chi connectivity index (χ1v) is 7.83. The van der Waals surface area contributed by atoms with Crippen molar-refractivity contribution in [2.24, 2.45) is 0 Å². The Morgan fingerprint density at radius 1 is 1.55 bits per heavy atom. The number of carbonyl (C=O) groups excluding carboxylic acids is 1. The van der Waals surface area contributed by atoms with Crippen LogP contribution in [-0.2, 0) is 20.8 Å². The molecule has 2 aliphatic heterocycles. The average molecular weight is 308 g/mol. The molecule has 1 aromatic rings. The van der Waals surface area contributed by atoms with Gasteiger partial charge in [-0.3, -0.25) is 9.69 Å². The van der Waals surface area contributed by atoms with Crippen LogP contribution in [0.3, 0.4) is 0 Å². The van der Waals surface area contributed by atoms with Crippen LogP contribution in [0.5, 0.6) is 0 Å². The molecule has 0 spiro atoms. The van der Waals surface area contributed by atoms with Crippen LogP contribution in [0.4, 0.5) is 0 Å². The normalized spacial score (nSPS) is 28.1. The van der Waals surface area contributed by atoms with Crippen LogP contribution in [0.25, 0.3) is 0 Å². The third-order valence-electron chi connectivity index (χ3n) is 4.64. The Morgan fingerprint density at radius 3 is 3.14 bits per heavy atom. The molecular formula is C16H24N2O4. The number of ether oxygens (including phenoxy) is 2. The highest BCUT2D eigenvalue weighted by Gasteiger charge is 2.47. The average Bonchev–Trinajstić information content (AvgIpc) is 3.14. The fraction of sp³-hybridized carbons (Fsp3) is 0.688. The molecule has 2 saturated heterocycles. The van der Waals surface area contributed by atoms with E-state index in [0.29, 0.717) is 6.54 Å². The number of hydrogen-bond donors (Lipinski definition) is 0. The first kappa shape index (κ1) is 15.5. The molecule has 2 fully saturated rings. The summed E-state index contributed by atoms with van der Waals surface area (Å²) in [5, 5.41) is 0. The van der Waals surface area contributed by atoms with Crippen LogP contribution in [0, 0.1) is 0 Å². The van der Waals surface area contributed by atoms with Gasteiger partial charge in [0, 0.05) is 20.3 Å². The molecule has 3 atom stereocenters. The molecule has 3 heterocycles. The number of rotatable bonds is 5. The van der Waals surface area contributed by atoms with Crippen molar-refractivity contribution < 1.29 is 18.7 Å². The standard InChI is InChI=1S/C16H24N2O4/c1-17(9-12-5-3-7-21-12)14-10-18(15(19)11-20-2)13-6-4-8-22-16(13)14/h3,5,7,13-14,16H,4,6,8-11H2,1-2H3/t13-,14-,16+/m1/s1. The van der Waals surface area contributed by atoms with Crippen molar-refractivity contribution >= 4 is 5.91 Å². The zero-order chi connectivity index (χ0) is 15.5. The summed E-state index contributed by atoms with van der Waals surface area (Å²) < 4.78 is 16.5. The zero-order valence-electron chi connectivity index (χ0n) is 13.2. The molecule has 0 radical (unpaired) electrons. The molecule has 0 unspecified atom stereocenters. The second kappa shape index (κ2) is 6.81. The van der Waals surface area contributed by atoms with Gasteiger partial charge in [0.15, 0.2) is 0 Å². The minimum Gasteiger partial charge on any atom is -0.468 e. The van der Waals surface area contributed by atoms with Gasteiger partial charge in [0.25, 0.3) is 0 Å². The van der Waals surface area contributed by atoms with Gasteiger partial charge in [0.05, 0.1) is 31.0 Å².